The van der Waals surface area contributed by atoms with E-state index in [4.69, 9.17) is 28.3 Å². The first-order chi connectivity index (χ1) is 21.0. The number of fused-ring (bicyclic) bond motifs is 7. The van der Waals surface area contributed by atoms with Crippen molar-refractivity contribution >= 4 is 16.6 Å². The van der Waals surface area contributed by atoms with Crippen LogP contribution in [0.25, 0.3) is 28.0 Å². The molecule has 0 fully saturated rings. The van der Waals surface area contributed by atoms with Crippen LogP contribution in [0.2, 0.25) is 0 Å². The zero-order valence-electron chi connectivity index (χ0n) is 23.1. The van der Waals surface area contributed by atoms with Crippen molar-refractivity contribution in [2.45, 2.75) is 19.3 Å². The van der Waals surface area contributed by atoms with Crippen LogP contribution in [0, 0.1) is 5.92 Å². The molecule has 0 spiro atoms. The van der Waals surface area contributed by atoms with Crippen molar-refractivity contribution in [3.63, 3.8) is 0 Å². The van der Waals surface area contributed by atoms with E-state index in [1.807, 2.05) is 36.4 Å². The molecule has 11 nitrogen and oxygen atoms in total. The van der Waals surface area contributed by atoms with Crippen molar-refractivity contribution in [2.24, 2.45) is 5.92 Å². The van der Waals surface area contributed by atoms with Crippen LogP contribution in [0.1, 0.15) is 29.5 Å². The SMILES string of the molecule is COc1ccc(-c2nc3c4c(ncn3n2)Oc2c(c(=O)oc3ccccc23)C4C(C)Cc2ccc3c(c2)OCO3)cc1O. The summed E-state index contributed by atoms with van der Waals surface area (Å²) in [4.78, 5) is 23.2. The molecule has 0 amide bonds. The quantitative estimate of drug-likeness (QED) is 0.264. The first-order valence-electron chi connectivity index (χ1n) is 13.7. The van der Waals surface area contributed by atoms with Crippen molar-refractivity contribution < 1.29 is 28.5 Å². The highest BCUT2D eigenvalue weighted by atomic mass is 16.7. The average molecular weight is 577 g/mol. The van der Waals surface area contributed by atoms with Crippen molar-refractivity contribution in [2.75, 3.05) is 13.9 Å². The molecule has 1 N–H and O–H groups in total. The van der Waals surface area contributed by atoms with Crippen molar-refractivity contribution in [3.05, 3.63) is 94.1 Å². The fourth-order valence-electron chi connectivity index (χ4n) is 6.05. The van der Waals surface area contributed by atoms with E-state index < -0.39 is 11.5 Å². The Bertz CT molecular complexity index is 2140. The molecule has 214 valence electrons. The van der Waals surface area contributed by atoms with Crippen LogP contribution >= 0.6 is 0 Å². The van der Waals surface area contributed by atoms with E-state index in [0.29, 0.717) is 74.4 Å². The maximum atomic E-state index is 13.7. The number of aromatic hydroxyl groups is 1. The predicted molar refractivity (Wildman–Crippen MR) is 154 cm³/mol. The Kier molecular flexibility index (Phi) is 5.55. The molecular formula is C32H24N4O7. The summed E-state index contributed by atoms with van der Waals surface area (Å²) in [6.07, 6.45) is 2.13. The minimum absolute atomic E-state index is 0.0315. The van der Waals surface area contributed by atoms with Crippen molar-refractivity contribution in [3.8, 4) is 46.0 Å². The lowest BCUT2D eigenvalue weighted by Gasteiger charge is -2.31. The topological polar surface area (TPSA) is 130 Å². The molecule has 0 saturated carbocycles. The minimum atomic E-state index is -0.498. The smallest absolute Gasteiger partial charge is 0.343 e. The number of benzene rings is 3. The van der Waals surface area contributed by atoms with E-state index in [-0.39, 0.29) is 18.5 Å². The lowest BCUT2D eigenvalue weighted by Crippen LogP contribution is -2.26. The molecular weight excluding hydrogens is 552 g/mol. The molecule has 2 atom stereocenters. The van der Waals surface area contributed by atoms with Gasteiger partial charge in [0.1, 0.15) is 11.9 Å². The molecule has 5 heterocycles. The molecule has 2 aliphatic rings. The second-order valence-electron chi connectivity index (χ2n) is 10.6. The highest BCUT2D eigenvalue weighted by Gasteiger charge is 2.39. The van der Waals surface area contributed by atoms with Crippen LogP contribution in [-0.2, 0) is 6.42 Å². The first-order valence-corrected chi connectivity index (χ1v) is 13.7. The number of phenolic OH excluding ortho intramolecular Hbond substituents is 1. The first kappa shape index (κ1) is 25.2. The highest BCUT2D eigenvalue weighted by Crippen LogP contribution is 2.50. The van der Waals surface area contributed by atoms with Gasteiger partial charge in [0.05, 0.1) is 23.6 Å². The third-order valence-corrected chi connectivity index (χ3v) is 8.01. The number of hydrogen-bond acceptors (Lipinski definition) is 10. The highest BCUT2D eigenvalue weighted by molar-refractivity contribution is 5.86. The van der Waals surface area contributed by atoms with Gasteiger partial charge in [0.25, 0.3) is 0 Å². The molecule has 0 bridgehead atoms. The lowest BCUT2D eigenvalue weighted by atomic mass is 9.78. The fourth-order valence-corrected chi connectivity index (χ4v) is 6.05. The van der Waals surface area contributed by atoms with Gasteiger partial charge in [0, 0.05) is 11.5 Å². The largest absolute Gasteiger partial charge is 0.504 e. The van der Waals surface area contributed by atoms with Gasteiger partial charge in [-0.3, -0.25) is 0 Å². The van der Waals surface area contributed by atoms with Gasteiger partial charge in [-0.05, 0) is 60.4 Å². The number of phenols is 1. The molecule has 43 heavy (non-hydrogen) atoms. The van der Waals surface area contributed by atoms with E-state index in [9.17, 15) is 9.90 Å². The molecule has 0 radical (unpaired) electrons. The Morgan fingerprint density at radius 1 is 1.07 bits per heavy atom. The summed E-state index contributed by atoms with van der Waals surface area (Å²) in [7, 11) is 1.48. The molecule has 11 heteroatoms. The Morgan fingerprint density at radius 2 is 1.93 bits per heavy atom. The van der Waals surface area contributed by atoms with Gasteiger partial charge in [0.2, 0.25) is 12.7 Å². The van der Waals surface area contributed by atoms with Gasteiger partial charge < -0.3 is 28.5 Å². The summed E-state index contributed by atoms with van der Waals surface area (Å²) >= 11 is 0. The maximum absolute atomic E-state index is 13.7. The molecule has 0 saturated heterocycles. The number of methoxy groups -OCH3 is 1. The van der Waals surface area contributed by atoms with E-state index in [2.05, 4.69) is 17.0 Å². The molecule has 2 unspecified atom stereocenters. The Labute approximate surface area is 243 Å². The molecule has 2 aliphatic heterocycles. The van der Waals surface area contributed by atoms with Gasteiger partial charge in [-0.1, -0.05) is 25.1 Å². The van der Waals surface area contributed by atoms with Crippen LogP contribution in [0.3, 0.4) is 0 Å². The lowest BCUT2D eigenvalue weighted by molar-refractivity contribution is 0.174. The number of rotatable bonds is 5. The third kappa shape index (κ3) is 3.96. The Balaban J connectivity index is 1.31. The average Bonchev–Trinajstić information content (AvgIpc) is 3.67. The molecule has 8 rings (SSSR count). The van der Waals surface area contributed by atoms with Crippen LogP contribution in [0.4, 0.5) is 0 Å². The van der Waals surface area contributed by atoms with Crippen LogP contribution in [0.15, 0.2) is 76.2 Å². The van der Waals surface area contributed by atoms with E-state index >= 15 is 0 Å². The normalized spacial score (nSPS) is 15.6. The summed E-state index contributed by atoms with van der Waals surface area (Å²) < 4.78 is 30.0. The molecule has 3 aromatic heterocycles. The summed E-state index contributed by atoms with van der Waals surface area (Å²) in [6.45, 7) is 2.26. The van der Waals surface area contributed by atoms with Crippen molar-refractivity contribution in [1.82, 2.24) is 19.6 Å². The third-order valence-electron chi connectivity index (χ3n) is 8.01. The Hall–Kier alpha value is -5.58. The summed E-state index contributed by atoms with van der Waals surface area (Å²) in [6, 6.07) is 18.1. The Morgan fingerprint density at radius 3 is 2.79 bits per heavy atom. The predicted octanol–water partition coefficient (Wildman–Crippen LogP) is 5.46. The monoisotopic (exact) mass is 576 g/mol. The molecule has 0 aliphatic carbocycles. The fraction of sp³-hybridized carbons (Fsp3) is 0.188. The number of para-hydroxylation sites is 1. The molecule has 3 aromatic carbocycles. The number of nitrogens with zero attached hydrogens (tertiary/aromatic N) is 4. The van der Waals surface area contributed by atoms with Gasteiger partial charge in [-0.25, -0.2) is 19.3 Å². The number of ether oxygens (including phenoxy) is 4. The van der Waals surface area contributed by atoms with E-state index in [0.717, 1.165) is 5.56 Å². The second kappa shape index (κ2) is 9.48. The van der Waals surface area contributed by atoms with E-state index in [1.165, 1.54) is 13.4 Å². The van der Waals surface area contributed by atoms with Gasteiger partial charge in [-0.15, -0.1) is 5.10 Å². The van der Waals surface area contributed by atoms with Crippen LogP contribution in [0.5, 0.6) is 34.6 Å². The zero-order valence-corrected chi connectivity index (χ0v) is 23.1. The van der Waals surface area contributed by atoms with E-state index in [1.54, 1.807) is 28.8 Å². The summed E-state index contributed by atoms with van der Waals surface area (Å²) in [5.41, 5.74) is 3.07. The summed E-state index contributed by atoms with van der Waals surface area (Å²) in [5.74, 6) is 2.21. The van der Waals surface area contributed by atoms with Gasteiger partial charge in [-0.2, -0.15) is 0 Å². The number of hydrogen-bond donors (Lipinski definition) is 1. The molecule has 6 aromatic rings. The van der Waals surface area contributed by atoms with Crippen molar-refractivity contribution in [1.29, 1.82) is 0 Å². The van der Waals surface area contributed by atoms with Crippen LogP contribution in [-0.4, -0.2) is 38.6 Å². The van der Waals surface area contributed by atoms with Gasteiger partial charge >= 0.3 is 5.63 Å². The zero-order chi connectivity index (χ0) is 29.2. The summed E-state index contributed by atoms with van der Waals surface area (Å²) in [5, 5.41) is 15.7. The maximum Gasteiger partial charge on any atom is 0.343 e. The van der Waals surface area contributed by atoms with Crippen LogP contribution < -0.4 is 24.6 Å². The standard InChI is InChI=1S/C32H24N4O7/c1-16(11-17-7-9-23-24(12-17)41-15-40-23)25-26-28(19-5-3-4-6-21(19)42-32(26)38)43-31-27(25)30-34-29(35-36(30)14-33-31)18-8-10-22(39-2)20(37)13-18/h3-10,12-14,16,25,37H,11,15H2,1-2H3. The number of aromatic nitrogens is 4. The minimum Gasteiger partial charge on any atom is -0.504 e. The second-order valence-corrected chi connectivity index (χ2v) is 10.6. The van der Waals surface area contributed by atoms with Gasteiger partial charge in [0.15, 0.2) is 40.2 Å².